The first-order valence-electron chi connectivity index (χ1n) is 9.01. The average Bonchev–Trinajstić information content (AvgIpc) is 2.68. The van der Waals surface area contributed by atoms with Gasteiger partial charge in [-0.2, -0.15) is 0 Å². The van der Waals surface area contributed by atoms with Crippen molar-refractivity contribution in [1.82, 2.24) is 10.2 Å². The van der Waals surface area contributed by atoms with Crippen LogP contribution in [0.15, 0.2) is 35.5 Å². The molecule has 1 aromatic rings. The number of carbonyl (C=O) groups is 1. The van der Waals surface area contributed by atoms with Gasteiger partial charge in [-0.25, -0.2) is 4.79 Å². The third-order valence-corrected chi connectivity index (χ3v) is 4.87. The minimum Gasteiger partial charge on any atom is -0.460 e. The summed E-state index contributed by atoms with van der Waals surface area (Å²) in [5.41, 5.74) is 1.65. The van der Waals surface area contributed by atoms with Crippen molar-refractivity contribution in [2.75, 3.05) is 34.0 Å². The molecule has 0 saturated heterocycles. The molecule has 1 N–H and O–H groups in total. The number of methoxy groups -OCH3 is 2. The largest absolute Gasteiger partial charge is 0.460 e. The molecule has 158 valence electrons. The van der Waals surface area contributed by atoms with Crippen molar-refractivity contribution in [1.29, 1.82) is 0 Å². The third kappa shape index (κ3) is 5.28. The van der Waals surface area contributed by atoms with E-state index in [1.807, 2.05) is 11.8 Å². The van der Waals surface area contributed by atoms with Crippen molar-refractivity contribution < 1.29 is 23.9 Å². The van der Waals surface area contributed by atoms with E-state index in [-0.39, 0.29) is 24.9 Å². The molecule has 0 spiro atoms. The topological polar surface area (TPSA) is 103 Å². The summed E-state index contributed by atoms with van der Waals surface area (Å²) in [5, 5.41) is 14.5. The summed E-state index contributed by atoms with van der Waals surface area (Å²) in [5.74, 6) is -0.507. The summed E-state index contributed by atoms with van der Waals surface area (Å²) in [6.07, 6.45) is 0. The van der Waals surface area contributed by atoms with E-state index in [0.29, 0.717) is 28.6 Å². The summed E-state index contributed by atoms with van der Waals surface area (Å²) in [4.78, 5) is 25.2. The summed E-state index contributed by atoms with van der Waals surface area (Å²) in [6, 6.07) is 5.28. The highest BCUT2D eigenvalue weighted by molar-refractivity contribution is 7.80. The van der Waals surface area contributed by atoms with E-state index in [0.717, 1.165) is 0 Å². The van der Waals surface area contributed by atoms with Gasteiger partial charge in [0.25, 0.3) is 5.69 Å². The normalized spacial score (nSPS) is 17.7. The molecule has 2 atom stereocenters. The molecule has 10 heteroatoms. The van der Waals surface area contributed by atoms with E-state index < -0.39 is 16.9 Å². The van der Waals surface area contributed by atoms with Crippen LogP contribution in [0.3, 0.4) is 0 Å². The minimum atomic E-state index is -0.593. The molecule has 0 bridgehead atoms. The molecule has 0 fully saturated rings. The molecule has 0 radical (unpaired) electrons. The lowest BCUT2D eigenvalue weighted by Crippen LogP contribution is -2.52. The van der Waals surface area contributed by atoms with Crippen LogP contribution in [-0.4, -0.2) is 61.0 Å². The maximum atomic E-state index is 12.9. The minimum absolute atomic E-state index is 0.0348. The Morgan fingerprint density at radius 3 is 2.48 bits per heavy atom. The van der Waals surface area contributed by atoms with Gasteiger partial charge in [-0.1, -0.05) is 0 Å². The van der Waals surface area contributed by atoms with Crippen LogP contribution in [0.5, 0.6) is 0 Å². The van der Waals surface area contributed by atoms with Crippen LogP contribution in [0.4, 0.5) is 5.69 Å². The van der Waals surface area contributed by atoms with Gasteiger partial charge < -0.3 is 24.4 Å². The number of non-ortho nitro benzene ring substituents is 1. The van der Waals surface area contributed by atoms with Gasteiger partial charge in [0, 0.05) is 32.0 Å². The van der Waals surface area contributed by atoms with Crippen LogP contribution >= 0.6 is 12.2 Å². The van der Waals surface area contributed by atoms with Crippen LogP contribution in [0.2, 0.25) is 0 Å². The number of hydrogen-bond acceptors (Lipinski definition) is 7. The molecule has 2 rings (SSSR count). The summed E-state index contributed by atoms with van der Waals surface area (Å²) in [6.45, 7) is 4.52. The van der Waals surface area contributed by atoms with E-state index in [1.165, 1.54) is 19.2 Å². The fourth-order valence-electron chi connectivity index (χ4n) is 3.20. The molecule has 0 unspecified atom stereocenters. The maximum absolute atomic E-state index is 12.9. The number of thiocarbonyl (C=S) groups is 1. The number of nitrogens with one attached hydrogen (secondary N) is 1. The number of nitro benzene ring substituents is 1. The van der Waals surface area contributed by atoms with Gasteiger partial charge >= 0.3 is 5.97 Å². The summed E-state index contributed by atoms with van der Waals surface area (Å²) < 4.78 is 15.5. The van der Waals surface area contributed by atoms with Gasteiger partial charge in [0.1, 0.15) is 6.61 Å². The number of carbonyl (C=O) groups excluding carboxylic acids is 1. The number of rotatable bonds is 9. The highest BCUT2D eigenvalue weighted by atomic mass is 32.1. The smallest absolute Gasteiger partial charge is 0.338 e. The second-order valence-corrected chi connectivity index (χ2v) is 6.92. The van der Waals surface area contributed by atoms with E-state index in [1.54, 1.807) is 26.2 Å². The van der Waals surface area contributed by atoms with Crippen LogP contribution in [0, 0.1) is 10.1 Å². The predicted molar refractivity (Wildman–Crippen MR) is 110 cm³/mol. The Labute approximate surface area is 174 Å². The Balaban J connectivity index is 2.46. The van der Waals surface area contributed by atoms with Gasteiger partial charge in [-0.3, -0.25) is 10.1 Å². The summed E-state index contributed by atoms with van der Waals surface area (Å²) in [7, 11) is 3.11. The molecule has 1 heterocycles. The molecular formula is C19H25N3O6S. The van der Waals surface area contributed by atoms with E-state index in [9.17, 15) is 14.9 Å². The molecule has 0 amide bonds. The Bertz CT molecular complexity index is 796. The number of allylic oxidation sites excluding steroid dienone is 1. The first kappa shape index (κ1) is 22.7. The highest BCUT2D eigenvalue weighted by Gasteiger charge is 2.36. The molecular weight excluding hydrogens is 398 g/mol. The van der Waals surface area contributed by atoms with Crippen molar-refractivity contribution in [3.8, 4) is 0 Å². The van der Waals surface area contributed by atoms with Crippen LogP contribution in [0.25, 0.3) is 0 Å². The number of hydrogen-bond donors (Lipinski definition) is 1. The Morgan fingerprint density at radius 1 is 1.28 bits per heavy atom. The zero-order chi connectivity index (χ0) is 21.6. The quantitative estimate of drug-likeness (QED) is 0.211. The monoisotopic (exact) mass is 423 g/mol. The van der Waals surface area contributed by atoms with E-state index >= 15 is 0 Å². The van der Waals surface area contributed by atoms with Gasteiger partial charge in [0.05, 0.1) is 35.8 Å². The average molecular weight is 423 g/mol. The molecule has 0 aromatic heterocycles. The van der Waals surface area contributed by atoms with Crippen molar-refractivity contribution in [3.05, 3.63) is 51.2 Å². The number of esters is 1. The predicted octanol–water partition coefficient (Wildman–Crippen LogP) is 2.32. The number of nitro groups is 1. The maximum Gasteiger partial charge on any atom is 0.338 e. The standard InChI is InChI=1S/C19H25N3O6S/c1-12(11-27-4)21-13(2)16(18(23)28-10-9-26-3)17(20-19(21)29)14-5-7-15(8-6-14)22(24)25/h5-8,12,17H,9-11H2,1-4H3,(H,20,29)/t12-,17+/m1/s1. The lowest BCUT2D eigenvalue weighted by Gasteiger charge is -2.40. The second kappa shape index (κ2) is 10.3. The number of nitrogens with zero attached hydrogens (tertiary/aromatic N) is 2. The lowest BCUT2D eigenvalue weighted by atomic mass is 9.94. The highest BCUT2D eigenvalue weighted by Crippen LogP contribution is 2.33. The molecule has 0 saturated carbocycles. The van der Waals surface area contributed by atoms with Crippen molar-refractivity contribution >= 4 is 29.0 Å². The van der Waals surface area contributed by atoms with Crippen molar-refractivity contribution in [2.45, 2.75) is 25.9 Å². The summed E-state index contributed by atoms with van der Waals surface area (Å²) >= 11 is 5.53. The first-order valence-corrected chi connectivity index (χ1v) is 9.42. The SMILES string of the molecule is COCCOC(=O)C1=C(C)N([C@H](C)COC)C(=S)N[C@H]1c1ccc([N+](=O)[O-])cc1. The number of benzene rings is 1. The van der Waals surface area contributed by atoms with Gasteiger partial charge in [0.2, 0.25) is 0 Å². The van der Waals surface area contributed by atoms with Crippen molar-refractivity contribution in [3.63, 3.8) is 0 Å². The van der Waals surface area contributed by atoms with E-state index in [4.69, 9.17) is 26.4 Å². The van der Waals surface area contributed by atoms with Gasteiger partial charge in [0.15, 0.2) is 5.11 Å². The van der Waals surface area contributed by atoms with Gasteiger partial charge in [-0.15, -0.1) is 0 Å². The zero-order valence-electron chi connectivity index (χ0n) is 16.8. The van der Waals surface area contributed by atoms with E-state index in [2.05, 4.69) is 5.32 Å². The molecule has 1 aromatic carbocycles. The molecule has 0 aliphatic carbocycles. The van der Waals surface area contributed by atoms with Gasteiger partial charge in [-0.05, 0) is 43.8 Å². The number of ether oxygens (including phenoxy) is 3. The zero-order valence-corrected chi connectivity index (χ0v) is 17.7. The molecule has 1 aliphatic rings. The Morgan fingerprint density at radius 2 is 1.93 bits per heavy atom. The van der Waals surface area contributed by atoms with Crippen LogP contribution in [0.1, 0.15) is 25.5 Å². The lowest BCUT2D eigenvalue weighted by molar-refractivity contribution is -0.384. The molecule has 29 heavy (non-hydrogen) atoms. The fraction of sp³-hybridized carbons (Fsp3) is 0.474. The molecule has 1 aliphatic heterocycles. The van der Waals surface area contributed by atoms with Crippen molar-refractivity contribution in [2.24, 2.45) is 0 Å². The first-order chi connectivity index (χ1) is 13.8. The van der Waals surface area contributed by atoms with Crippen LogP contribution in [-0.2, 0) is 19.0 Å². The second-order valence-electron chi connectivity index (χ2n) is 6.53. The Hall–Kier alpha value is -2.56. The third-order valence-electron chi connectivity index (χ3n) is 4.55. The fourth-order valence-corrected chi connectivity index (χ4v) is 3.64. The van der Waals surface area contributed by atoms with Crippen LogP contribution < -0.4 is 5.32 Å². The Kier molecular flexibility index (Phi) is 8.06. The molecule has 9 nitrogen and oxygen atoms in total.